The Labute approximate surface area is 107 Å². The highest BCUT2D eigenvalue weighted by Crippen LogP contribution is 2.37. The van der Waals surface area contributed by atoms with Crippen LogP contribution in [0.3, 0.4) is 0 Å². The molecule has 1 saturated carbocycles. The minimum Gasteiger partial charge on any atom is -0.374 e. The summed E-state index contributed by atoms with van der Waals surface area (Å²) in [6.07, 6.45) is 10.5. The third-order valence-electron chi connectivity index (χ3n) is 3.82. The van der Waals surface area contributed by atoms with E-state index < -0.39 is 0 Å². The van der Waals surface area contributed by atoms with Gasteiger partial charge in [-0.25, -0.2) is 0 Å². The number of allylic oxidation sites excluding steroid dienone is 1. The van der Waals surface area contributed by atoms with Crippen LogP contribution in [0.4, 0.5) is 0 Å². The summed E-state index contributed by atoms with van der Waals surface area (Å²) in [4.78, 5) is 0. The van der Waals surface area contributed by atoms with E-state index in [9.17, 15) is 0 Å². The van der Waals surface area contributed by atoms with E-state index in [0.717, 1.165) is 26.0 Å². The molecule has 1 fully saturated rings. The second-order valence-electron chi connectivity index (χ2n) is 5.08. The number of ether oxygens (including phenoxy) is 1. The topological polar surface area (TPSA) is 21.3 Å². The Balaban J connectivity index is 2.64. The fourth-order valence-electron chi connectivity index (χ4n) is 3.01. The maximum absolute atomic E-state index is 6.15. The molecular formula is C15H29NO. The van der Waals surface area contributed by atoms with Gasteiger partial charge in [-0.1, -0.05) is 25.8 Å². The average Bonchev–Trinajstić information content (AvgIpc) is 2.79. The van der Waals surface area contributed by atoms with Gasteiger partial charge in [0.05, 0.1) is 5.60 Å². The lowest BCUT2D eigenvalue weighted by atomic mass is 9.88. The number of nitrogens with one attached hydrogen (secondary N) is 1. The summed E-state index contributed by atoms with van der Waals surface area (Å²) in [5.74, 6) is 0. The van der Waals surface area contributed by atoms with Crippen LogP contribution in [0.5, 0.6) is 0 Å². The zero-order valence-electron chi connectivity index (χ0n) is 11.6. The summed E-state index contributed by atoms with van der Waals surface area (Å²) < 4.78 is 6.15. The van der Waals surface area contributed by atoms with Crippen LogP contribution in [0.25, 0.3) is 0 Å². The van der Waals surface area contributed by atoms with Crippen LogP contribution in [-0.2, 0) is 4.74 Å². The van der Waals surface area contributed by atoms with Gasteiger partial charge < -0.3 is 10.1 Å². The van der Waals surface area contributed by atoms with E-state index in [-0.39, 0.29) is 5.60 Å². The Bertz CT molecular complexity index is 209. The average molecular weight is 239 g/mol. The number of hydrogen-bond acceptors (Lipinski definition) is 2. The summed E-state index contributed by atoms with van der Waals surface area (Å²) >= 11 is 0. The van der Waals surface area contributed by atoms with Crippen LogP contribution in [0.2, 0.25) is 0 Å². The molecule has 17 heavy (non-hydrogen) atoms. The Hall–Kier alpha value is -0.340. The largest absolute Gasteiger partial charge is 0.374 e. The zero-order chi connectivity index (χ0) is 12.6. The van der Waals surface area contributed by atoms with E-state index in [2.05, 4.69) is 25.7 Å². The molecule has 1 aliphatic rings. The maximum Gasteiger partial charge on any atom is 0.0834 e. The van der Waals surface area contributed by atoms with Gasteiger partial charge in [0.15, 0.2) is 0 Å². The maximum atomic E-state index is 6.15. The molecule has 0 heterocycles. The SMILES string of the molecule is C=CCCC(NCCC)C1(OCC)CCCC1. The van der Waals surface area contributed by atoms with Crippen molar-refractivity contribution < 1.29 is 4.74 Å². The summed E-state index contributed by atoms with van der Waals surface area (Å²) in [6.45, 7) is 10.1. The van der Waals surface area contributed by atoms with Crippen molar-refractivity contribution in [2.75, 3.05) is 13.2 Å². The first-order chi connectivity index (χ1) is 8.29. The van der Waals surface area contributed by atoms with Gasteiger partial charge in [-0.15, -0.1) is 6.58 Å². The molecule has 0 aromatic rings. The van der Waals surface area contributed by atoms with Crippen LogP contribution in [0.15, 0.2) is 12.7 Å². The summed E-state index contributed by atoms with van der Waals surface area (Å²) in [5.41, 5.74) is 0.104. The Morgan fingerprint density at radius 2 is 2.06 bits per heavy atom. The van der Waals surface area contributed by atoms with Crippen LogP contribution in [0, 0.1) is 0 Å². The van der Waals surface area contributed by atoms with Gasteiger partial charge in [-0.3, -0.25) is 0 Å². The first kappa shape index (κ1) is 14.7. The van der Waals surface area contributed by atoms with Gasteiger partial charge in [0.1, 0.15) is 0 Å². The fourth-order valence-corrected chi connectivity index (χ4v) is 3.01. The molecule has 0 aliphatic heterocycles. The lowest BCUT2D eigenvalue weighted by Gasteiger charge is -2.38. The lowest BCUT2D eigenvalue weighted by Crippen LogP contribution is -2.51. The Kier molecular flexibility index (Phi) is 6.83. The van der Waals surface area contributed by atoms with E-state index in [0.29, 0.717) is 6.04 Å². The smallest absolute Gasteiger partial charge is 0.0834 e. The van der Waals surface area contributed by atoms with E-state index in [4.69, 9.17) is 4.74 Å². The van der Waals surface area contributed by atoms with E-state index in [1.165, 1.54) is 32.1 Å². The van der Waals surface area contributed by atoms with Crippen LogP contribution >= 0.6 is 0 Å². The molecule has 0 radical (unpaired) electrons. The van der Waals surface area contributed by atoms with Gasteiger partial charge in [0.25, 0.3) is 0 Å². The summed E-state index contributed by atoms with van der Waals surface area (Å²) in [7, 11) is 0. The summed E-state index contributed by atoms with van der Waals surface area (Å²) in [5, 5.41) is 3.70. The molecule has 1 aliphatic carbocycles. The summed E-state index contributed by atoms with van der Waals surface area (Å²) in [6, 6.07) is 0.503. The van der Waals surface area contributed by atoms with E-state index >= 15 is 0 Å². The highest BCUT2D eigenvalue weighted by Gasteiger charge is 2.41. The van der Waals surface area contributed by atoms with E-state index in [1.807, 2.05) is 6.08 Å². The molecule has 2 nitrogen and oxygen atoms in total. The molecule has 1 N–H and O–H groups in total. The van der Waals surface area contributed by atoms with Gasteiger partial charge in [0.2, 0.25) is 0 Å². The van der Waals surface area contributed by atoms with Crippen molar-refractivity contribution in [1.29, 1.82) is 0 Å². The van der Waals surface area contributed by atoms with Crippen LogP contribution < -0.4 is 5.32 Å². The molecule has 0 saturated heterocycles. The molecule has 0 aromatic carbocycles. The first-order valence-electron chi connectivity index (χ1n) is 7.27. The normalized spacial score (nSPS) is 20.4. The Morgan fingerprint density at radius 3 is 2.59 bits per heavy atom. The quantitative estimate of drug-likeness (QED) is 0.620. The third-order valence-corrected chi connectivity index (χ3v) is 3.82. The second kappa shape index (κ2) is 7.88. The predicted octanol–water partition coefficient (Wildman–Crippen LogP) is 3.67. The standard InChI is InChI=1S/C15H29NO/c1-4-7-10-14(16-13-5-2)15(17-6-3)11-8-9-12-15/h4,14,16H,1,5-13H2,2-3H3. The highest BCUT2D eigenvalue weighted by molar-refractivity contribution is 4.97. The molecule has 2 heteroatoms. The molecule has 1 rings (SSSR count). The fraction of sp³-hybridized carbons (Fsp3) is 0.867. The van der Waals surface area contributed by atoms with Crippen molar-refractivity contribution in [3.8, 4) is 0 Å². The molecule has 1 unspecified atom stereocenters. The van der Waals surface area contributed by atoms with Gasteiger partial charge >= 0.3 is 0 Å². The van der Waals surface area contributed by atoms with Crippen LogP contribution in [0.1, 0.15) is 58.8 Å². The van der Waals surface area contributed by atoms with Crippen molar-refractivity contribution in [2.45, 2.75) is 70.4 Å². The Morgan fingerprint density at radius 1 is 1.35 bits per heavy atom. The first-order valence-corrected chi connectivity index (χ1v) is 7.27. The lowest BCUT2D eigenvalue weighted by molar-refractivity contribution is -0.0629. The van der Waals surface area contributed by atoms with Crippen molar-refractivity contribution >= 4 is 0 Å². The molecule has 0 bridgehead atoms. The number of hydrogen-bond donors (Lipinski definition) is 1. The predicted molar refractivity (Wildman–Crippen MR) is 74.3 cm³/mol. The van der Waals surface area contributed by atoms with E-state index in [1.54, 1.807) is 0 Å². The molecule has 0 amide bonds. The second-order valence-corrected chi connectivity index (χ2v) is 5.08. The van der Waals surface area contributed by atoms with Gasteiger partial charge in [-0.2, -0.15) is 0 Å². The van der Waals surface area contributed by atoms with Gasteiger partial charge in [0, 0.05) is 12.6 Å². The molecule has 0 spiro atoms. The highest BCUT2D eigenvalue weighted by atomic mass is 16.5. The molecular weight excluding hydrogens is 210 g/mol. The zero-order valence-corrected chi connectivity index (χ0v) is 11.6. The molecule has 100 valence electrons. The van der Waals surface area contributed by atoms with Crippen molar-refractivity contribution in [1.82, 2.24) is 5.32 Å². The third kappa shape index (κ3) is 4.11. The molecule has 0 aromatic heterocycles. The van der Waals surface area contributed by atoms with Crippen molar-refractivity contribution in [3.05, 3.63) is 12.7 Å². The van der Waals surface area contributed by atoms with Crippen molar-refractivity contribution in [3.63, 3.8) is 0 Å². The molecule has 1 atom stereocenters. The number of rotatable bonds is 9. The van der Waals surface area contributed by atoms with Gasteiger partial charge in [-0.05, 0) is 45.6 Å². The van der Waals surface area contributed by atoms with Crippen molar-refractivity contribution in [2.24, 2.45) is 0 Å². The van der Waals surface area contributed by atoms with Crippen LogP contribution in [-0.4, -0.2) is 24.8 Å². The monoisotopic (exact) mass is 239 g/mol. The minimum atomic E-state index is 0.104. The minimum absolute atomic E-state index is 0.104.